The second kappa shape index (κ2) is 5.51. The predicted octanol–water partition coefficient (Wildman–Crippen LogP) is 0.586. The summed E-state index contributed by atoms with van der Waals surface area (Å²) in [7, 11) is -3.45. The quantitative estimate of drug-likeness (QED) is 0.829. The highest BCUT2D eigenvalue weighted by Gasteiger charge is 2.14. The molecule has 0 amide bonds. The molecule has 0 aliphatic carbocycles. The Labute approximate surface area is 116 Å². The molecule has 2 aromatic rings. The molecular weight excluding hydrogens is 280 g/mol. The number of aliphatic hydroxyl groups excluding tert-OH is 1. The number of fused-ring (bicyclic) bond motifs is 1. The Hall–Kier alpha value is -2.06. The lowest BCUT2D eigenvalue weighted by Gasteiger charge is -1.99. The summed E-state index contributed by atoms with van der Waals surface area (Å²) < 4.78 is 24.1. The van der Waals surface area contributed by atoms with Crippen LogP contribution < -0.4 is 0 Å². The number of nitrogens with zero attached hydrogens (tertiary/aromatic N) is 4. The van der Waals surface area contributed by atoms with Crippen molar-refractivity contribution in [2.24, 2.45) is 0 Å². The molecule has 0 spiro atoms. The van der Waals surface area contributed by atoms with Crippen molar-refractivity contribution in [3.05, 3.63) is 36.1 Å². The molecule has 1 N–H and O–H groups in total. The number of rotatable bonds is 4. The van der Waals surface area contributed by atoms with Crippen molar-refractivity contribution in [2.75, 3.05) is 12.9 Å². The SMILES string of the molecule is C/C(=C\C=C\c1ncnc2c1ncn2S(C)(=O)=O)CO. The summed E-state index contributed by atoms with van der Waals surface area (Å²) in [6.45, 7) is 1.77. The summed E-state index contributed by atoms with van der Waals surface area (Å²) in [5.41, 5.74) is 1.96. The number of imidazole rings is 1. The molecule has 2 aromatic heterocycles. The van der Waals surface area contributed by atoms with Gasteiger partial charge in [0.25, 0.3) is 0 Å². The summed E-state index contributed by atoms with van der Waals surface area (Å²) in [5, 5.41) is 8.89. The maximum absolute atomic E-state index is 11.6. The van der Waals surface area contributed by atoms with Crippen molar-refractivity contribution >= 4 is 27.3 Å². The fraction of sp³-hybridized carbons (Fsp3) is 0.250. The summed E-state index contributed by atoms with van der Waals surface area (Å²) in [6.07, 6.45) is 8.71. The first-order valence-electron chi connectivity index (χ1n) is 5.77. The van der Waals surface area contributed by atoms with Gasteiger partial charge >= 0.3 is 0 Å². The molecule has 0 saturated heterocycles. The summed E-state index contributed by atoms with van der Waals surface area (Å²) in [4.78, 5) is 12.1. The molecule has 2 heterocycles. The highest BCUT2D eigenvalue weighted by atomic mass is 32.2. The van der Waals surface area contributed by atoms with Gasteiger partial charge in [0, 0.05) is 0 Å². The summed E-state index contributed by atoms with van der Waals surface area (Å²) in [6, 6.07) is 0. The number of aliphatic hydroxyl groups is 1. The monoisotopic (exact) mass is 294 g/mol. The number of allylic oxidation sites excluding steroid dienone is 2. The number of hydrogen-bond donors (Lipinski definition) is 1. The maximum Gasteiger partial charge on any atom is 0.238 e. The van der Waals surface area contributed by atoms with Crippen LogP contribution in [0.4, 0.5) is 0 Å². The highest BCUT2D eigenvalue weighted by molar-refractivity contribution is 7.89. The van der Waals surface area contributed by atoms with Crippen LogP contribution in [-0.2, 0) is 10.0 Å². The second-order valence-electron chi connectivity index (χ2n) is 4.26. The molecule has 0 aliphatic rings. The van der Waals surface area contributed by atoms with Gasteiger partial charge in [-0.05, 0) is 18.6 Å². The average molecular weight is 294 g/mol. The van der Waals surface area contributed by atoms with E-state index < -0.39 is 10.0 Å². The Morgan fingerprint density at radius 1 is 1.40 bits per heavy atom. The fourth-order valence-electron chi connectivity index (χ4n) is 1.55. The van der Waals surface area contributed by atoms with E-state index in [2.05, 4.69) is 15.0 Å². The standard InChI is InChI=1S/C12H14N4O3S/c1-9(6-17)4-3-5-10-11-12(14-7-13-10)16(8-15-11)20(2,18)19/h3-5,7-8,17H,6H2,1-2H3/b5-3+,9-4+. The van der Waals surface area contributed by atoms with Crippen LogP contribution in [-0.4, -0.2) is 45.3 Å². The van der Waals surface area contributed by atoms with Crippen molar-refractivity contribution in [3.63, 3.8) is 0 Å². The molecule has 2 rings (SSSR count). The van der Waals surface area contributed by atoms with Gasteiger partial charge in [-0.1, -0.05) is 12.2 Å². The van der Waals surface area contributed by atoms with E-state index in [4.69, 9.17) is 5.11 Å². The summed E-state index contributed by atoms with van der Waals surface area (Å²) >= 11 is 0. The van der Waals surface area contributed by atoms with Gasteiger partial charge in [-0.2, -0.15) is 0 Å². The zero-order valence-corrected chi connectivity index (χ0v) is 11.9. The van der Waals surface area contributed by atoms with Crippen molar-refractivity contribution < 1.29 is 13.5 Å². The van der Waals surface area contributed by atoms with Gasteiger partial charge in [0.15, 0.2) is 5.65 Å². The Morgan fingerprint density at radius 2 is 2.15 bits per heavy atom. The fourth-order valence-corrected chi connectivity index (χ4v) is 2.22. The van der Waals surface area contributed by atoms with Gasteiger partial charge in [-0.3, -0.25) is 0 Å². The molecule has 0 bridgehead atoms. The van der Waals surface area contributed by atoms with E-state index >= 15 is 0 Å². The lowest BCUT2D eigenvalue weighted by atomic mass is 10.2. The Balaban J connectivity index is 2.50. The third-order valence-electron chi connectivity index (χ3n) is 2.57. The van der Waals surface area contributed by atoms with Gasteiger partial charge in [0.05, 0.1) is 18.6 Å². The van der Waals surface area contributed by atoms with Gasteiger partial charge in [0.1, 0.15) is 18.2 Å². The minimum absolute atomic E-state index is 0.0216. The predicted molar refractivity (Wildman–Crippen MR) is 75.4 cm³/mol. The van der Waals surface area contributed by atoms with Crippen LogP contribution in [0.5, 0.6) is 0 Å². The molecule has 0 radical (unpaired) electrons. The van der Waals surface area contributed by atoms with E-state index in [1.165, 1.54) is 12.7 Å². The first-order chi connectivity index (χ1) is 9.43. The van der Waals surface area contributed by atoms with E-state index in [1.54, 1.807) is 25.2 Å². The first-order valence-corrected chi connectivity index (χ1v) is 7.61. The van der Waals surface area contributed by atoms with Crippen LogP contribution in [0.2, 0.25) is 0 Å². The zero-order valence-electron chi connectivity index (χ0n) is 11.1. The number of hydrogen-bond acceptors (Lipinski definition) is 6. The Bertz CT molecular complexity index is 790. The number of aromatic nitrogens is 4. The van der Waals surface area contributed by atoms with Gasteiger partial charge < -0.3 is 5.11 Å². The van der Waals surface area contributed by atoms with Crippen molar-refractivity contribution in [1.82, 2.24) is 18.9 Å². The molecule has 0 aliphatic heterocycles. The molecule has 0 unspecified atom stereocenters. The van der Waals surface area contributed by atoms with Crippen molar-refractivity contribution in [3.8, 4) is 0 Å². The van der Waals surface area contributed by atoms with E-state index in [0.29, 0.717) is 11.2 Å². The molecule has 8 heteroatoms. The van der Waals surface area contributed by atoms with E-state index in [1.807, 2.05) is 0 Å². The van der Waals surface area contributed by atoms with Crippen molar-refractivity contribution in [2.45, 2.75) is 6.92 Å². The summed E-state index contributed by atoms with van der Waals surface area (Å²) in [5.74, 6) is 0. The van der Waals surface area contributed by atoms with Crippen LogP contribution >= 0.6 is 0 Å². The minimum atomic E-state index is -3.45. The third kappa shape index (κ3) is 2.91. The molecule has 0 aromatic carbocycles. The first kappa shape index (κ1) is 14.4. The highest BCUT2D eigenvalue weighted by Crippen LogP contribution is 2.15. The van der Waals surface area contributed by atoms with Crippen LogP contribution in [0.1, 0.15) is 12.6 Å². The molecule has 0 atom stereocenters. The largest absolute Gasteiger partial charge is 0.392 e. The molecule has 7 nitrogen and oxygen atoms in total. The van der Waals surface area contributed by atoms with E-state index in [9.17, 15) is 8.42 Å². The normalized spacial score (nSPS) is 13.4. The van der Waals surface area contributed by atoms with Crippen LogP contribution in [0.25, 0.3) is 17.2 Å². The van der Waals surface area contributed by atoms with Crippen LogP contribution in [0.15, 0.2) is 30.4 Å². The van der Waals surface area contributed by atoms with Gasteiger partial charge in [-0.15, -0.1) is 0 Å². The topological polar surface area (TPSA) is 98.0 Å². The van der Waals surface area contributed by atoms with E-state index in [0.717, 1.165) is 15.8 Å². The second-order valence-corrected chi connectivity index (χ2v) is 6.12. The Kier molecular flexibility index (Phi) is 3.96. The average Bonchev–Trinajstić information content (AvgIpc) is 2.83. The molecule has 20 heavy (non-hydrogen) atoms. The van der Waals surface area contributed by atoms with Crippen LogP contribution in [0, 0.1) is 0 Å². The van der Waals surface area contributed by atoms with Gasteiger partial charge in [0.2, 0.25) is 10.0 Å². The maximum atomic E-state index is 11.6. The third-order valence-corrected chi connectivity index (χ3v) is 3.56. The lowest BCUT2D eigenvalue weighted by molar-refractivity contribution is 0.331. The van der Waals surface area contributed by atoms with E-state index in [-0.39, 0.29) is 12.3 Å². The van der Waals surface area contributed by atoms with Crippen molar-refractivity contribution in [1.29, 1.82) is 0 Å². The lowest BCUT2D eigenvalue weighted by Crippen LogP contribution is -2.09. The molecular formula is C12H14N4O3S. The molecule has 106 valence electrons. The molecule has 0 fully saturated rings. The zero-order chi connectivity index (χ0) is 14.8. The minimum Gasteiger partial charge on any atom is -0.392 e. The van der Waals surface area contributed by atoms with Crippen LogP contribution in [0.3, 0.4) is 0 Å². The Morgan fingerprint density at radius 3 is 2.80 bits per heavy atom. The molecule has 0 saturated carbocycles. The van der Waals surface area contributed by atoms with Gasteiger partial charge in [-0.25, -0.2) is 27.3 Å². The smallest absolute Gasteiger partial charge is 0.238 e.